The quantitative estimate of drug-likeness (QED) is 0.381. The van der Waals surface area contributed by atoms with Crippen LogP contribution < -0.4 is 15.4 Å². The Kier molecular flexibility index (Phi) is 8.59. The van der Waals surface area contributed by atoms with Crippen LogP contribution in [0.4, 0.5) is 13.2 Å². The topological polar surface area (TPSA) is 77.0 Å². The van der Waals surface area contributed by atoms with Crippen LogP contribution in [0.2, 0.25) is 0 Å². The van der Waals surface area contributed by atoms with E-state index in [0.29, 0.717) is 32.3 Å². The highest BCUT2D eigenvalue weighted by Crippen LogP contribution is 2.29. The Morgan fingerprint density at radius 2 is 2.11 bits per heavy atom. The van der Waals surface area contributed by atoms with Crippen molar-refractivity contribution >= 4 is 5.96 Å². The van der Waals surface area contributed by atoms with Crippen molar-refractivity contribution in [1.82, 2.24) is 15.6 Å². The molecule has 0 bridgehead atoms. The summed E-state index contributed by atoms with van der Waals surface area (Å²) < 4.78 is 53.6. The SMILES string of the molecule is CN=C(NCCCOC1CCOC1)NCCOc1ccc(C(F)(F)F)cn1. The van der Waals surface area contributed by atoms with Crippen LogP contribution in [0.15, 0.2) is 23.3 Å². The molecule has 1 atom stereocenters. The molecule has 27 heavy (non-hydrogen) atoms. The van der Waals surface area contributed by atoms with Gasteiger partial charge in [-0.2, -0.15) is 13.2 Å². The Bertz CT molecular complexity index is 576. The Morgan fingerprint density at radius 1 is 1.30 bits per heavy atom. The van der Waals surface area contributed by atoms with Gasteiger partial charge in [-0.25, -0.2) is 4.98 Å². The Morgan fingerprint density at radius 3 is 2.74 bits per heavy atom. The normalized spacial score (nSPS) is 17.8. The van der Waals surface area contributed by atoms with Gasteiger partial charge in [-0.1, -0.05) is 0 Å². The van der Waals surface area contributed by atoms with Crippen LogP contribution in [-0.2, 0) is 15.7 Å². The summed E-state index contributed by atoms with van der Waals surface area (Å²) in [5.74, 6) is 0.754. The van der Waals surface area contributed by atoms with Crippen LogP contribution in [-0.4, -0.2) is 63.6 Å². The molecule has 2 N–H and O–H groups in total. The summed E-state index contributed by atoms with van der Waals surface area (Å²) in [6.45, 7) is 3.46. The first kappa shape index (κ1) is 21.2. The molecule has 0 aliphatic carbocycles. The van der Waals surface area contributed by atoms with Crippen molar-refractivity contribution in [3.05, 3.63) is 23.9 Å². The lowest BCUT2D eigenvalue weighted by Gasteiger charge is -2.13. The van der Waals surface area contributed by atoms with Gasteiger partial charge in [0.15, 0.2) is 5.96 Å². The second-order valence-electron chi connectivity index (χ2n) is 5.87. The molecule has 1 aliphatic heterocycles. The summed E-state index contributed by atoms with van der Waals surface area (Å²) >= 11 is 0. The van der Waals surface area contributed by atoms with Crippen molar-refractivity contribution in [2.24, 2.45) is 4.99 Å². The van der Waals surface area contributed by atoms with Gasteiger partial charge in [-0.05, 0) is 18.9 Å². The van der Waals surface area contributed by atoms with Crippen molar-refractivity contribution in [1.29, 1.82) is 0 Å². The van der Waals surface area contributed by atoms with E-state index < -0.39 is 11.7 Å². The van der Waals surface area contributed by atoms with Gasteiger partial charge in [0.1, 0.15) is 6.61 Å². The first-order valence-electron chi connectivity index (χ1n) is 8.79. The zero-order valence-electron chi connectivity index (χ0n) is 15.2. The van der Waals surface area contributed by atoms with E-state index in [1.165, 1.54) is 6.07 Å². The molecule has 152 valence electrons. The van der Waals surface area contributed by atoms with Crippen LogP contribution in [0.3, 0.4) is 0 Å². The van der Waals surface area contributed by atoms with Crippen LogP contribution in [0.25, 0.3) is 0 Å². The highest BCUT2D eigenvalue weighted by atomic mass is 19.4. The fourth-order valence-corrected chi connectivity index (χ4v) is 2.35. The maximum absolute atomic E-state index is 12.5. The minimum Gasteiger partial charge on any atom is -0.476 e. The van der Waals surface area contributed by atoms with Gasteiger partial charge in [0.25, 0.3) is 0 Å². The molecule has 2 heterocycles. The number of nitrogens with one attached hydrogen (secondary N) is 2. The highest BCUT2D eigenvalue weighted by Gasteiger charge is 2.30. The van der Waals surface area contributed by atoms with E-state index in [-0.39, 0.29) is 18.6 Å². The second kappa shape index (κ2) is 10.9. The fourth-order valence-electron chi connectivity index (χ4n) is 2.35. The van der Waals surface area contributed by atoms with E-state index >= 15 is 0 Å². The summed E-state index contributed by atoms with van der Waals surface area (Å²) in [6, 6.07) is 2.14. The predicted octanol–water partition coefficient (Wildman–Crippen LogP) is 1.84. The zero-order chi connectivity index (χ0) is 19.5. The van der Waals surface area contributed by atoms with Gasteiger partial charge in [-0.15, -0.1) is 0 Å². The van der Waals surface area contributed by atoms with E-state index in [2.05, 4.69) is 20.6 Å². The standard InChI is InChI=1S/C17H25F3N4O3/c1-21-16(22-6-2-8-26-14-5-9-25-12-14)23-7-10-27-15-4-3-13(11-24-15)17(18,19)20/h3-4,11,14H,2,5-10,12H2,1H3,(H2,21,22,23). The molecule has 1 aromatic heterocycles. The molecular weight excluding hydrogens is 365 g/mol. The highest BCUT2D eigenvalue weighted by molar-refractivity contribution is 5.79. The average molecular weight is 390 g/mol. The number of hydrogen-bond donors (Lipinski definition) is 2. The van der Waals surface area contributed by atoms with E-state index in [1.807, 2.05) is 0 Å². The number of guanidine groups is 1. The molecule has 1 unspecified atom stereocenters. The van der Waals surface area contributed by atoms with E-state index in [1.54, 1.807) is 7.05 Å². The number of aromatic nitrogens is 1. The molecule has 2 rings (SSSR count). The summed E-state index contributed by atoms with van der Waals surface area (Å²) in [6.07, 6.45) is -1.66. The van der Waals surface area contributed by atoms with Gasteiger partial charge in [0.2, 0.25) is 5.88 Å². The van der Waals surface area contributed by atoms with Gasteiger partial charge >= 0.3 is 6.18 Å². The molecule has 1 saturated heterocycles. The largest absolute Gasteiger partial charge is 0.476 e. The van der Waals surface area contributed by atoms with Crippen molar-refractivity contribution in [3.8, 4) is 5.88 Å². The summed E-state index contributed by atoms with van der Waals surface area (Å²) in [5, 5.41) is 6.20. The first-order chi connectivity index (χ1) is 13.0. The van der Waals surface area contributed by atoms with Gasteiger partial charge in [-0.3, -0.25) is 4.99 Å². The molecule has 0 saturated carbocycles. The third kappa shape index (κ3) is 8.00. The fraction of sp³-hybridized carbons (Fsp3) is 0.647. The molecule has 1 aromatic rings. The average Bonchev–Trinajstić information content (AvgIpc) is 3.16. The minimum absolute atomic E-state index is 0.140. The summed E-state index contributed by atoms with van der Waals surface area (Å²) in [5.41, 5.74) is -0.804. The lowest BCUT2D eigenvalue weighted by Crippen LogP contribution is -2.40. The number of nitrogens with zero attached hydrogens (tertiary/aromatic N) is 2. The molecule has 1 fully saturated rings. The third-order valence-corrected chi connectivity index (χ3v) is 3.79. The Balaban J connectivity index is 1.55. The van der Waals surface area contributed by atoms with Gasteiger partial charge < -0.3 is 24.8 Å². The van der Waals surface area contributed by atoms with Crippen LogP contribution in [0.1, 0.15) is 18.4 Å². The molecule has 7 nitrogen and oxygen atoms in total. The van der Waals surface area contributed by atoms with Crippen LogP contribution >= 0.6 is 0 Å². The number of ether oxygens (including phenoxy) is 3. The second-order valence-corrected chi connectivity index (χ2v) is 5.87. The number of rotatable bonds is 9. The van der Waals surface area contributed by atoms with E-state index in [4.69, 9.17) is 14.2 Å². The smallest absolute Gasteiger partial charge is 0.417 e. The predicted molar refractivity (Wildman–Crippen MR) is 93.9 cm³/mol. The minimum atomic E-state index is -4.40. The number of alkyl halides is 3. The summed E-state index contributed by atoms with van der Waals surface area (Å²) in [4.78, 5) is 7.73. The molecule has 0 amide bonds. The van der Waals surface area contributed by atoms with Crippen molar-refractivity contribution in [2.45, 2.75) is 25.1 Å². The lowest BCUT2D eigenvalue weighted by atomic mass is 10.3. The maximum Gasteiger partial charge on any atom is 0.417 e. The number of halogens is 3. The van der Waals surface area contributed by atoms with Gasteiger partial charge in [0.05, 0.1) is 24.8 Å². The lowest BCUT2D eigenvalue weighted by molar-refractivity contribution is -0.137. The van der Waals surface area contributed by atoms with Crippen molar-refractivity contribution < 1.29 is 27.4 Å². The van der Waals surface area contributed by atoms with Crippen LogP contribution in [0.5, 0.6) is 5.88 Å². The third-order valence-electron chi connectivity index (χ3n) is 3.79. The molecule has 0 spiro atoms. The zero-order valence-corrected chi connectivity index (χ0v) is 15.2. The number of pyridine rings is 1. The first-order valence-corrected chi connectivity index (χ1v) is 8.79. The maximum atomic E-state index is 12.5. The Hall–Kier alpha value is -2.07. The molecule has 0 aromatic carbocycles. The molecule has 1 aliphatic rings. The van der Waals surface area contributed by atoms with E-state index in [0.717, 1.165) is 31.7 Å². The molecule has 0 radical (unpaired) electrons. The van der Waals surface area contributed by atoms with Crippen molar-refractivity contribution in [3.63, 3.8) is 0 Å². The summed E-state index contributed by atoms with van der Waals surface area (Å²) in [7, 11) is 1.65. The van der Waals surface area contributed by atoms with Crippen molar-refractivity contribution in [2.75, 3.05) is 46.6 Å². The molecular formula is C17H25F3N4O3. The van der Waals surface area contributed by atoms with Gasteiger partial charge in [0, 0.05) is 39.1 Å². The van der Waals surface area contributed by atoms with E-state index in [9.17, 15) is 13.2 Å². The van der Waals surface area contributed by atoms with Crippen LogP contribution in [0, 0.1) is 0 Å². The molecule has 10 heteroatoms. The number of hydrogen-bond acceptors (Lipinski definition) is 5. The monoisotopic (exact) mass is 390 g/mol. The Labute approximate surface area is 156 Å². The number of aliphatic imine (C=N–C) groups is 1.